The first kappa shape index (κ1) is 17.7. The average Bonchev–Trinajstić information content (AvgIpc) is 2.40. The summed E-state index contributed by atoms with van der Waals surface area (Å²) in [7, 11) is 1.79. The first-order chi connectivity index (χ1) is 9.52. The van der Waals surface area contributed by atoms with E-state index in [9.17, 15) is 0 Å². The molecule has 20 heavy (non-hydrogen) atoms. The summed E-state index contributed by atoms with van der Waals surface area (Å²) in [5.41, 5.74) is 1.40. The third kappa shape index (κ3) is 6.87. The Bertz CT molecular complexity index is 364. The molecule has 0 radical (unpaired) electrons. The third-order valence-corrected chi connectivity index (χ3v) is 4.13. The summed E-state index contributed by atoms with van der Waals surface area (Å²) < 4.78 is 6.47. The standard InChI is InChI=1S/C17H28BrNO/c1-13(2)10-19-11-16(14(3)12-20-4)9-15-5-7-17(18)8-6-15/h5-8,13-14,16,19H,9-12H2,1-4H3. The summed E-state index contributed by atoms with van der Waals surface area (Å²) in [6.07, 6.45) is 1.10. The molecular weight excluding hydrogens is 314 g/mol. The van der Waals surface area contributed by atoms with Crippen LogP contribution in [-0.4, -0.2) is 26.8 Å². The SMILES string of the molecule is COCC(C)C(CNCC(C)C)Cc1ccc(Br)cc1. The van der Waals surface area contributed by atoms with Crippen LogP contribution in [0, 0.1) is 17.8 Å². The molecular formula is C17H28BrNO. The molecule has 0 amide bonds. The molecule has 2 atom stereocenters. The molecule has 0 aliphatic heterocycles. The smallest absolute Gasteiger partial charge is 0.0491 e. The highest BCUT2D eigenvalue weighted by Gasteiger charge is 2.17. The minimum atomic E-state index is 0.559. The Morgan fingerprint density at radius 1 is 1.10 bits per heavy atom. The number of hydrogen-bond donors (Lipinski definition) is 1. The van der Waals surface area contributed by atoms with E-state index in [-0.39, 0.29) is 0 Å². The lowest BCUT2D eigenvalue weighted by Crippen LogP contribution is -2.32. The van der Waals surface area contributed by atoms with Gasteiger partial charge in [-0.25, -0.2) is 0 Å². The molecule has 1 aromatic rings. The monoisotopic (exact) mass is 341 g/mol. The maximum Gasteiger partial charge on any atom is 0.0491 e. The van der Waals surface area contributed by atoms with E-state index in [1.165, 1.54) is 5.56 Å². The largest absolute Gasteiger partial charge is 0.384 e. The van der Waals surface area contributed by atoms with Crippen molar-refractivity contribution < 1.29 is 4.74 Å². The Balaban J connectivity index is 2.58. The molecule has 0 bridgehead atoms. The first-order valence-corrected chi connectivity index (χ1v) is 8.26. The molecule has 0 fully saturated rings. The minimum absolute atomic E-state index is 0.559. The zero-order valence-corrected chi connectivity index (χ0v) is 14.7. The molecule has 3 heteroatoms. The molecule has 2 nitrogen and oxygen atoms in total. The fourth-order valence-electron chi connectivity index (χ4n) is 2.35. The van der Waals surface area contributed by atoms with Crippen molar-refractivity contribution in [3.63, 3.8) is 0 Å². The molecule has 0 aliphatic carbocycles. The normalized spacial score (nSPS) is 14.5. The van der Waals surface area contributed by atoms with Crippen LogP contribution in [0.4, 0.5) is 0 Å². The van der Waals surface area contributed by atoms with E-state index in [4.69, 9.17) is 4.74 Å². The van der Waals surface area contributed by atoms with E-state index in [0.717, 1.165) is 30.6 Å². The number of methoxy groups -OCH3 is 1. The van der Waals surface area contributed by atoms with E-state index in [2.05, 4.69) is 66.3 Å². The fourth-order valence-corrected chi connectivity index (χ4v) is 2.62. The van der Waals surface area contributed by atoms with Crippen LogP contribution >= 0.6 is 15.9 Å². The van der Waals surface area contributed by atoms with Crippen molar-refractivity contribution in [2.75, 3.05) is 26.8 Å². The topological polar surface area (TPSA) is 21.3 Å². The van der Waals surface area contributed by atoms with Gasteiger partial charge in [-0.05, 0) is 55.0 Å². The van der Waals surface area contributed by atoms with E-state index in [1.807, 2.05) is 0 Å². The number of hydrogen-bond acceptors (Lipinski definition) is 2. The van der Waals surface area contributed by atoms with Crippen LogP contribution in [-0.2, 0) is 11.2 Å². The molecule has 0 saturated carbocycles. The Labute approximate surface area is 132 Å². The van der Waals surface area contributed by atoms with Crippen LogP contribution in [0.5, 0.6) is 0 Å². The van der Waals surface area contributed by atoms with Gasteiger partial charge in [0.05, 0.1) is 0 Å². The Kier molecular flexibility index (Phi) is 8.43. The summed E-state index contributed by atoms with van der Waals surface area (Å²) in [6, 6.07) is 8.65. The van der Waals surface area contributed by atoms with Crippen LogP contribution < -0.4 is 5.32 Å². The van der Waals surface area contributed by atoms with Gasteiger partial charge in [0.25, 0.3) is 0 Å². The Morgan fingerprint density at radius 2 is 1.75 bits per heavy atom. The number of benzene rings is 1. The second-order valence-corrected chi connectivity index (χ2v) is 6.99. The van der Waals surface area contributed by atoms with E-state index in [0.29, 0.717) is 17.8 Å². The summed E-state index contributed by atoms with van der Waals surface area (Å²) >= 11 is 3.49. The second kappa shape index (κ2) is 9.54. The zero-order valence-electron chi connectivity index (χ0n) is 13.2. The highest BCUT2D eigenvalue weighted by Crippen LogP contribution is 2.19. The van der Waals surface area contributed by atoms with Gasteiger partial charge in [0.1, 0.15) is 0 Å². The molecule has 0 aliphatic rings. The van der Waals surface area contributed by atoms with Crippen LogP contribution in [0.3, 0.4) is 0 Å². The fraction of sp³-hybridized carbons (Fsp3) is 0.647. The highest BCUT2D eigenvalue weighted by molar-refractivity contribution is 9.10. The molecule has 0 spiro atoms. The summed E-state index contributed by atoms with van der Waals surface area (Å²) in [5, 5.41) is 3.59. The summed E-state index contributed by atoms with van der Waals surface area (Å²) in [5.74, 6) is 1.86. The van der Waals surface area contributed by atoms with Gasteiger partial charge in [-0.3, -0.25) is 0 Å². The van der Waals surface area contributed by atoms with Gasteiger partial charge in [-0.15, -0.1) is 0 Å². The van der Waals surface area contributed by atoms with Gasteiger partial charge in [-0.2, -0.15) is 0 Å². The van der Waals surface area contributed by atoms with Crippen molar-refractivity contribution in [3.8, 4) is 0 Å². The molecule has 1 N–H and O–H groups in total. The molecule has 0 aromatic heterocycles. The Morgan fingerprint density at radius 3 is 2.30 bits per heavy atom. The molecule has 114 valence electrons. The predicted molar refractivity (Wildman–Crippen MR) is 90.1 cm³/mol. The lowest BCUT2D eigenvalue weighted by atomic mass is 9.88. The number of ether oxygens (including phenoxy) is 1. The third-order valence-electron chi connectivity index (χ3n) is 3.60. The summed E-state index contributed by atoms with van der Waals surface area (Å²) in [4.78, 5) is 0. The van der Waals surface area contributed by atoms with Crippen LogP contribution in [0.2, 0.25) is 0 Å². The molecule has 1 aromatic carbocycles. The lowest BCUT2D eigenvalue weighted by Gasteiger charge is -2.24. The highest BCUT2D eigenvalue weighted by atomic mass is 79.9. The Hall–Kier alpha value is -0.380. The van der Waals surface area contributed by atoms with Gasteiger partial charge in [0.15, 0.2) is 0 Å². The lowest BCUT2D eigenvalue weighted by molar-refractivity contribution is 0.128. The average molecular weight is 342 g/mol. The van der Waals surface area contributed by atoms with Gasteiger partial charge < -0.3 is 10.1 Å². The maximum atomic E-state index is 5.33. The van der Waals surface area contributed by atoms with Crippen molar-refractivity contribution in [2.45, 2.75) is 27.2 Å². The predicted octanol–water partition coefficient (Wildman–Crippen LogP) is 4.14. The van der Waals surface area contributed by atoms with E-state index < -0.39 is 0 Å². The zero-order chi connectivity index (χ0) is 15.0. The summed E-state index contributed by atoms with van der Waals surface area (Å²) in [6.45, 7) is 9.73. The van der Waals surface area contributed by atoms with Crippen LogP contribution in [0.25, 0.3) is 0 Å². The van der Waals surface area contributed by atoms with Gasteiger partial charge >= 0.3 is 0 Å². The van der Waals surface area contributed by atoms with Crippen LogP contribution in [0.15, 0.2) is 28.7 Å². The van der Waals surface area contributed by atoms with Crippen molar-refractivity contribution in [2.24, 2.45) is 17.8 Å². The second-order valence-electron chi connectivity index (χ2n) is 6.08. The van der Waals surface area contributed by atoms with E-state index in [1.54, 1.807) is 7.11 Å². The van der Waals surface area contributed by atoms with Gasteiger partial charge in [-0.1, -0.05) is 48.8 Å². The molecule has 1 rings (SSSR count). The minimum Gasteiger partial charge on any atom is -0.384 e. The van der Waals surface area contributed by atoms with Crippen molar-refractivity contribution in [1.29, 1.82) is 0 Å². The van der Waals surface area contributed by atoms with Crippen molar-refractivity contribution >= 4 is 15.9 Å². The quantitative estimate of drug-likeness (QED) is 0.728. The molecule has 0 heterocycles. The van der Waals surface area contributed by atoms with Crippen molar-refractivity contribution in [3.05, 3.63) is 34.3 Å². The van der Waals surface area contributed by atoms with Crippen LogP contribution in [0.1, 0.15) is 26.3 Å². The first-order valence-electron chi connectivity index (χ1n) is 7.47. The number of nitrogens with one attached hydrogen (secondary N) is 1. The van der Waals surface area contributed by atoms with Gasteiger partial charge in [0.2, 0.25) is 0 Å². The van der Waals surface area contributed by atoms with Crippen molar-refractivity contribution in [1.82, 2.24) is 5.32 Å². The molecule has 0 saturated heterocycles. The van der Waals surface area contributed by atoms with Gasteiger partial charge in [0, 0.05) is 18.2 Å². The number of rotatable bonds is 9. The molecule has 2 unspecified atom stereocenters. The maximum absolute atomic E-state index is 5.33. The van der Waals surface area contributed by atoms with E-state index >= 15 is 0 Å². The number of halogens is 1.